The van der Waals surface area contributed by atoms with Crippen molar-refractivity contribution in [3.05, 3.63) is 48.0 Å². The van der Waals surface area contributed by atoms with Crippen molar-refractivity contribution < 1.29 is 24.2 Å². The third-order valence-electron chi connectivity index (χ3n) is 5.23. The Morgan fingerprint density at radius 3 is 2.60 bits per heavy atom. The number of aliphatic hydroxyl groups excluding tert-OH is 1. The van der Waals surface area contributed by atoms with Crippen LogP contribution in [0.15, 0.2) is 42.5 Å². The highest BCUT2D eigenvalue weighted by Gasteiger charge is 2.29. The lowest BCUT2D eigenvalue weighted by Gasteiger charge is -2.32. The maximum atomic E-state index is 12.3. The molecule has 8 heteroatoms. The molecule has 0 unspecified atom stereocenters. The average Bonchev–Trinajstić information content (AvgIpc) is 2.76. The molecule has 2 heterocycles. The van der Waals surface area contributed by atoms with Gasteiger partial charge >= 0.3 is 0 Å². The Hall–Kier alpha value is -2.26. The van der Waals surface area contributed by atoms with Crippen LogP contribution in [0.1, 0.15) is 12.0 Å². The molecule has 2 aliphatic heterocycles. The fraction of sp³-hybridized carbons (Fsp3) is 0.545. The van der Waals surface area contributed by atoms with Crippen molar-refractivity contribution >= 4 is 11.8 Å². The summed E-state index contributed by atoms with van der Waals surface area (Å²) in [4.78, 5) is 26.5. The fourth-order valence-electron chi connectivity index (χ4n) is 3.58. The van der Waals surface area contributed by atoms with Crippen LogP contribution in [0.3, 0.4) is 0 Å². The van der Waals surface area contributed by atoms with Gasteiger partial charge in [-0.1, -0.05) is 42.5 Å². The maximum Gasteiger partial charge on any atom is 0.234 e. The fourth-order valence-corrected chi connectivity index (χ4v) is 3.58. The lowest BCUT2D eigenvalue weighted by atomic mass is 10.0. The summed E-state index contributed by atoms with van der Waals surface area (Å²) in [5.41, 5.74) is 1.17. The van der Waals surface area contributed by atoms with Crippen LogP contribution < -0.4 is 10.6 Å². The number of hydrogen-bond acceptors (Lipinski definition) is 6. The number of hydrogen-bond donors (Lipinski definition) is 3. The Morgan fingerprint density at radius 1 is 1.10 bits per heavy atom. The number of morpholine rings is 1. The van der Waals surface area contributed by atoms with E-state index in [4.69, 9.17) is 9.47 Å². The van der Waals surface area contributed by atoms with Gasteiger partial charge in [-0.25, -0.2) is 0 Å². The molecule has 0 spiro atoms. The van der Waals surface area contributed by atoms with Crippen LogP contribution in [-0.4, -0.2) is 86.1 Å². The number of nitrogens with one attached hydrogen (secondary N) is 2. The SMILES string of the molecule is O=C(C[C@@H]1C=C[C@H](NC(=O)CN2CCOCC2)[C@H](CO)O1)NCCc1ccccc1. The zero-order chi connectivity index (χ0) is 21.2. The number of carbonyl (C=O) groups is 2. The molecule has 3 N–H and O–H groups in total. The highest BCUT2D eigenvalue weighted by atomic mass is 16.5. The topological polar surface area (TPSA) is 100 Å². The number of amides is 2. The first-order valence-corrected chi connectivity index (χ1v) is 10.5. The standard InChI is InChI=1S/C22H31N3O5/c26-16-20-19(24-22(28)15-25-10-12-29-13-11-25)7-6-18(30-20)14-21(27)23-9-8-17-4-2-1-3-5-17/h1-7,18-20,26H,8-16H2,(H,23,27)(H,24,28)/t18-,19-,20-/m0/s1. The summed E-state index contributed by atoms with van der Waals surface area (Å²) in [6, 6.07) is 9.55. The lowest BCUT2D eigenvalue weighted by molar-refractivity contribution is -0.129. The Bertz CT molecular complexity index is 706. The van der Waals surface area contributed by atoms with Gasteiger partial charge in [0.25, 0.3) is 0 Å². The summed E-state index contributed by atoms with van der Waals surface area (Å²) >= 11 is 0. The van der Waals surface area contributed by atoms with Gasteiger partial charge in [0.1, 0.15) is 6.10 Å². The number of nitrogens with zero attached hydrogens (tertiary/aromatic N) is 1. The van der Waals surface area contributed by atoms with E-state index in [1.165, 1.54) is 5.56 Å². The summed E-state index contributed by atoms with van der Waals surface area (Å²) in [5.74, 6) is -0.224. The maximum absolute atomic E-state index is 12.3. The highest BCUT2D eigenvalue weighted by molar-refractivity contribution is 5.79. The van der Waals surface area contributed by atoms with E-state index in [2.05, 4.69) is 10.6 Å². The van der Waals surface area contributed by atoms with Gasteiger partial charge in [-0.3, -0.25) is 14.5 Å². The van der Waals surface area contributed by atoms with E-state index in [0.717, 1.165) is 19.5 Å². The third kappa shape index (κ3) is 7.21. The largest absolute Gasteiger partial charge is 0.394 e. The van der Waals surface area contributed by atoms with Crippen molar-refractivity contribution in [3.8, 4) is 0 Å². The molecule has 2 aliphatic rings. The van der Waals surface area contributed by atoms with Crippen LogP contribution in [0.25, 0.3) is 0 Å². The minimum atomic E-state index is -0.578. The van der Waals surface area contributed by atoms with E-state index in [9.17, 15) is 14.7 Å². The first kappa shape index (κ1) is 22.4. The van der Waals surface area contributed by atoms with E-state index in [1.807, 2.05) is 41.3 Å². The van der Waals surface area contributed by atoms with Crippen molar-refractivity contribution in [2.75, 3.05) is 46.0 Å². The Kier molecular flexibility index (Phi) is 8.82. The molecule has 0 saturated carbocycles. The van der Waals surface area contributed by atoms with Gasteiger partial charge in [0.05, 0.1) is 44.9 Å². The van der Waals surface area contributed by atoms with E-state index in [1.54, 1.807) is 6.08 Å². The second-order valence-corrected chi connectivity index (χ2v) is 7.55. The number of aliphatic hydroxyl groups is 1. The molecule has 3 atom stereocenters. The van der Waals surface area contributed by atoms with Gasteiger partial charge in [0.2, 0.25) is 11.8 Å². The Labute approximate surface area is 177 Å². The summed E-state index contributed by atoms with van der Waals surface area (Å²) in [6.07, 6.45) is 3.53. The smallest absolute Gasteiger partial charge is 0.234 e. The second-order valence-electron chi connectivity index (χ2n) is 7.55. The molecule has 8 nitrogen and oxygen atoms in total. The molecule has 3 rings (SSSR count). The van der Waals surface area contributed by atoms with Crippen molar-refractivity contribution in [2.24, 2.45) is 0 Å². The predicted octanol–water partition coefficient (Wildman–Crippen LogP) is -0.132. The van der Waals surface area contributed by atoms with Crippen LogP contribution in [-0.2, 0) is 25.5 Å². The summed E-state index contributed by atoms with van der Waals surface area (Å²) in [5, 5.41) is 15.5. The molecular formula is C22H31N3O5. The van der Waals surface area contributed by atoms with E-state index in [0.29, 0.717) is 26.3 Å². The predicted molar refractivity (Wildman–Crippen MR) is 112 cm³/mol. The van der Waals surface area contributed by atoms with Gasteiger partial charge in [0, 0.05) is 19.6 Å². The number of rotatable bonds is 9. The van der Waals surface area contributed by atoms with Crippen LogP contribution in [0.4, 0.5) is 0 Å². The Balaban J connectivity index is 1.41. The quantitative estimate of drug-likeness (QED) is 0.484. The van der Waals surface area contributed by atoms with Gasteiger partial charge in [-0.15, -0.1) is 0 Å². The molecule has 164 valence electrons. The van der Waals surface area contributed by atoms with E-state index >= 15 is 0 Å². The molecule has 2 amide bonds. The number of benzene rings is 1. The van der Waals surface area contributed by atoms with Gasteiger partial charge in [-0.2, -0.15) is 0 Å². The first-order valence-electron chi connectivity index (χ1n) is 10.5. The van der Waals surface area contributed by atoms with Crippen LogP contribution in [0.5, 0.6) is 0 Å². The number of carbonyl (C=O) groups excluding carboxylic acids is 2. The second kappa shape index (κ2) is 11.8. The first-order chi connectivity index (χ1) is 14.6. The van der Waals surface area contributed by atoms with Crippen molar-refractivity contribution in [1.29, 1.82) is 0 Å². The van der Waals surface area contributed by atoms with Gasteiger partial charge in [0.15, 0.2) is 0 Å². The molecule has 1 aromatic rings. The van der Waals surface area contributed by atoms with E-state index in [-0.39, 0.29) is 24.8 Å². The number of ether oxygens (including phenoxy) is 2. The molecule has 0 aliphatic carbocycles. The minimum absolute atomic E-state index is 0.105. The highest BCUT2D eigenvalue weighted by Crippen LogP contribution is 2.16. The molecule has 0 bridgehead atoms. The monoisotopic (exact) mass is 417 g/mol. The molecule has 0 radical (unpaired) electrons. The molecular weight excluding hydrogens is 386 g/mol. The molecule has 1 aromatic carbocycles. The lowest BCUT2D eigenvalue weighted by Crippen LogP contribution is -2.52. The Morgan fingerprint density at radius 2 is 1.87 bits per heavy atom. The van der Waals surface area contributed by atoms with E-state index < -0.39 is 18.2 Å². The van der Waals surface area contributed by atoms with Crippen molar-refractivity contribution in [1.82, 2.24) is 15.5 Å². The summed E-state index contributed by atoms with van der Waals surface area (Å²) < 4.78 is 11.1. The third-order valence-corrected chi connectivity index (χ3v) is 5.23. The van der Waals surface area contributed by atoms with Gasteiger partial charge < -0.3 is 25.2 Å². The van der Waals surface area contributed by atoms with Crippen molar-refractivity contribution in [3.63, 3.8) is 0 Å². The molecule has 0 aromatic heterocycles. The molecule has 1 saturated heterocycles. The minimum Gasteiger partial charge on any atom is -0.394 e. The summed E-state index contributed by atoms with van der Waals surface area (Å²) in [6.45, 7) is 3.34. The van der Waals surface area contributed by atoms with Crippen LogP contribution in [0, 0.1) is 0 Å². The zero-order valence-corrected chi connectivity index (χ0v) is 17.2. The van der Waals surface area contributed by atoms with Crippen LogP contribution >= 0.6 is 0 Å². The van der Waals surface area contributed by atoms with Crippen LogP contribution in [0.2, 0.25) is 0 Å². The van der Waals surface area contributed by atoms with Gasteiger partial charge in [-0.05, 0) is 12.0 Å². The molecule has 30 heavy (non-hydrogen) atoms. The zero-order valence-electron chi connectivity index (χ0n) is 17.2. The molecule has 1 fully saturated rings. The average molecular weight is 418 g/mol. The normalized spacial score (nSPS) is 24.4. The van der Waals surface area contributed by atoms with Crippen molar-refractivity contribution in [2.45, 2.75) is 31.1 Å². The summed E-state index contributed by atoms with van der Waals surface area (Å²) in [7, 11) is 0.